The number of benzene rings is 3. The van der Waals surface area contributed by atoms with Crippen molar-refractivity contribution in [1.82, 2.24) is 5.32 Å². The van der Waals surface area contributed by atoms with E-state index in [1.165, 1.54) is 6.92 Å². The van der Waals surface area contributed by atoms with Crippen LogP contribution in [0.25, 0.3) is 0 Å². The summed E-state index contributed by atoms with van der Waals surface area (Å²) in [5.74, 6) is 1.31. The minimum Gasteiger partial charge on any atom is -0.457 e. The van der Waals surface area contributed by atoms with Crippen molar-refractivity contribution in [2.75, 3.05) is 5.32 Å². The first-order chi connectivity index (χ1) is 13.6. The number of hydrogen-bond donors (Lipinski definition) is 2. The first-order valence-electron chi connectivity index (χ1n) is 9.03. The standard InChI is InChI=1S/C23H22N2O3/c1-17(26)25-20-12-10-18(11-13-20)15-23(27)24-16-19-6-5-9-22(14-19)28-21-7-3-2-4-8-21/h2-14H,15-16H2,1H3,(H,24,27)(H,25,26). The minimum atomic E-state index is -0.121. The molecule has 0 saturated heterocycles. The third kappa shape index (κ3) is 5.99. The number of amides is 2. The van der Waals surface area contributed by atoms with Crippen molar-refractivity contribution in [3.05, 3.63) is 90.0 Å². The fourth-order valence-corrected chi connectivity index (χ4v) is 2.70. The Morgan fingerprint density at radius 1 is 0.821 bits per heavy atom. The lowest BCUT2D eigenvalue weighted by Crippen LogP contribution is -2.24. The van der Waals surface area contributed by atoms with Crippen LogP contribution in [-0.4, -0.2) is 11.8 Å². The van der Waals surface area contributed by atoms with Gasteiger partial charge in [0, 0.05) is 19.2 Å². The van der Waals surface area contributed by atoms with E-state index in [0.29, 0.717) is 12.2 Å². The second kappa shape index (κ2) is 9.37. The fraction of sp³-hybridized carbons (Fsp3) is 0.130. The van der Waals surface area contributed by atoms with Crippen molar-refractivity contribution < 1.29 is 14.3 Å². The summed E-state index contributed by atoms with van der Waals surface area (Å²) < 4.78 is 5.82. The van der Waals surface area contributed by atoms with Gasteiger partial charge in [0.2, 0.25) is 11.8 Å². The summed E-state index contributed by atoms with van der Waals surface area (Å²) in [6, 6.07) is 24.4. The van der Waals surface area contributed by atoms with Gasteiger partial charge in [0.05, 0.1) is 6.42 Å². The molecule has 0 aliphatic carbocycles. The van der Waals surface area contributed by atoms with Gasteiger partial charge in [-0.2, -0.15) is 0 Å². The topological polar surface area (TPSA) is 67.4 Å². The van der Waals surface area contributed by atoms with E-state index in [1.54, 1.807) is 12.1 Å². The Labute approximate surface area is 164 Å². The fourth-order valence-electron chi connectivity index (χ4n) is 2.70. The molecule has 0 saturated carbocycles. The van der Waals surface area contributed by atoms with Crippen LogP contribution in [0.3, 0.4) is 0 Å². The van der Waals surface area contributed by atoms with Crippen molar-refractivity contribution >= 4 is 17.5 Å². The predicted octanol–water partition coefficient (Wildman–Crippen LogP) is 4.30. The molecular formula is C23H22N2O3. The van der Waals surface area contributed by atoms with Crippen LogP contribution < -0.4 is 15.4 Å². The van der Waals surface area contributed by atoms with E-state index in [4.69, 9.17) is 4.74 Å². The van der Waals surface area contributed by atoms with Gasteiger partial charge in [0.25, 0.3) is 0 Å². The van der Waals surface area contributed by atoms with Gasteiger partial charge in [-0.05, 0) is 47.5 Å². The Kier molecular flexibility index (Phi) is 6.41. The molecule has 0 fully saturated rings. The quantitative estimate of drug-likeness (QED) is 0.648. The number of para-hydroxylation sites is 1. The summed E-state index contributed by atoms with van der Waals surface area (Å²) in [7, 11) is 0. The van der Waals surface area contributed by atoms with Crippen molar-refractivity contribution in [2.24, 2.45) is 0 Å². The van der Waals surface area contributed by atoms with Crippen molar-refractivity contribution in [3.8, 4) is 11.5 Å². The van der Waals surface area contributed by atoms with E-state index >= 15 is 0 Å². The monoisotopic (exact) mass is 374 g/mol. The highest BCUT2D eigenvalue weighted by Crippen LogP contribution is 2.21. The number of nitrogens with one attached hydrogen (secondary N) is 2. The highest BCUT2D eigenvalue weighted by Gasteiger charge is 2.05. The second-order valence-electron chi connectivity index (χ2n) is 6.39. The van der Waals surface area contributed by atoms with Gasteiger partial charge < -0.3 is 15.4 Å². The van der Waals surface area contributed by atoms with Gasteiger partial charge in [0.15, 0.2) is 0 Å². The molecule has 5 heteroatoms. The zero-order valence-corrected chi connectivity index (χ0v) is 15.6. The molecule has 142 valence electrons. The van der Waals surface area contributed by atoms with Gasteiger partial charge >= 0.3 is 0 Å². The zero-order chi connectivity index (χ0) is 19.8. The largest absolute Gasteiger partial charge is 0.457 e. The molecule has 2 amide bonds. The van der Waals surface area contributed by atoms with Gasteiger partial charge in [-0.3, -0.25) is 9.59 Å². The van der Waals surface area contributed by atoms with E-state index in [0.717, 1.165) is 22.6 Å². The zero-order valence-electron chi connectivity index (χ0n) is 15.6. The molecule has 0 heterocycles. The molecule has 2 N–H and O–H groups in total. The van der Waals surface area contributed by atoms with E-state index < -0.39 is 0 Å². The molecule has 0 spiro atoms. The molecule has 5 nitrogen and oxygen atoms in total. The Morgan fingerprint density at radius 3 is 2.25 bits per heavy atom. The molecule has 3 rings (SSSR count). The van der Waals surface area contributed by atoms with E-state index in [2.05, 4.69) is 10.6 Å². The highest BCUT2D eigenvalue weighted by atomic mass is 16.5. The molecule has 0 unspecified atom stereocenters. The average Bonchev–Trinajstić information content (AvgIpc) is 2.69. The van der Waals surface area contributed by atoms with Gasteiger partial charge in [-0.15, -0.1) is 0 Å². The summed E-state index contributed by atoms with van der Waals surface area (Å²) in [4.78, 5) is 23.3. The number of carbonyl (C=O) groups excluding carboxylic acids is 2. The lowest BCUT2D eigenvalue weighted by atomic mass is 10.1. The van der Waals surface area contributed by atoms with Crippen molar-refractivity contribution in [2.45, 2.75) is 19.9 Å². The summed E-state index contributed by atoms with van der Waals surface area (Å²) in [6.45, 7) is 1.88. The van der Waals surface area contributed by atoms with Gasteiger partial charge in [0.1, 0.15) is 11.5 Å². The third-order valence-corrected chi connectivity index (χ3v) is 4.01. The Bertz CT molecular complexity index is 938. The van der Waals surface area contributed by atoms with Crippen LogP contribution in [0.4, 0.5) is 5.69 Å². The third-order valence-electron chi connectivity index (χ3n) is 4.01. The first-order valence-corrected chi connectivity index (χ1v) is 9.03. The van der Waals surface area contributed by atoms with E-state index in [-0.39, 0.29) is 18.2 Å². The molecule has 0 atom stereocenters. The molecule has 0 aliphatic heterocycles. The van der Waals surface area contributed by atoms with E-state index in [9.17, 15) is 9.59 Å². The van der Waals surface area contributed by atoms with E-state index in [1.807, 2.05) is 66.7 Å². The maximum atomic E-state index is 12.2. The van der Waals surface area contributed by atoms with Crippen LogP contribution in [-0.2, 0) is 22.6 Å². The minimum absolute atomic E-state index is 0.0679. The number of anilines is 1. The summed E-state index contributed by atoms with van der Waals surface area (Å²) >= 11 is 0. The van der Waals surface area contributed by atoms with Gasteiger partial charge in [-0.25, -0.2) is 0 Å². The summed E-state index contributed by atoms with van der Waals surface area (Å²) in [5.41, 5.74) is 2.56. The predicted molar refractivity (Wildman–Crippen MR) is 109 cm³/mol. The summed E-state index contributed by atoms with van der Waals surface area (Å²) in [5, 5.41) is 5.62. The maximum Gasteiger partial charge on any atom is 0.224 e. The molecule has 3 aromatic carbocycles. The average molecular weight is 374 g/mol. The Hall–Kier alpha value is -3.60. The number of carbonyl (C=O) groups is 2. The highest BCUT2D eigenvalue weighted by molar-refractivity contribution is 5.88. The van der Waals surface area contributed by atoms with Crippen LogP contribution >= 0.6 is 0 Å². The number of hydrogen-bond acceptors (Lipinski definition) is 3. The van der Waals surface area contributed by atoms with Crippen LogP contribution in [0.2, 0.25) is 0 Å². The van der Waals surface area contributed by atoms with Crippen LogP contribution in [0, 0.1) is 0 Å². The maximum absolute atomic E-state index is 12.2. The molecular weight excluding hydrogens is 352 g/mol. The Morgan fingerprint density at radius 2 is 1.54 bits per heavy atom. The Balaban J connectivity index is 1.51. The lowest BCUT2D eigenvalue weighted by Gasteiger charge is -2.09. The van der Waals surface area contributed by atoms with Crippen molar-refractivity contribution in [3.63, 3.8) is 0 Å². The lowest BCUT2D eigenvalue weighted by molar-refractivity contribution is -0.120. The molecule has 0 bridgehead atoms. The molecule has 0 radical (unpaired) electrons. The first kappa shape index (κ1) is 19.2. The normalized spacial score (nSPS) is 10.2. The molecule has 0 aliphatic rings. The number of rotatable bonds is 7. The smallest absolute Gasteiger partial charge is 0.224 e. The van der Waals surface area contributed by atoms with Crippen LogP contribution in [0.5, 0.6) is 11.5 Å². The molecule has 3 aromatic rings. The number of ether oxygens (including phenoxy) is 1. The molecule has 0 aromatic heterocycles. The second-order valence-corrected chi connectivity index (χ2v) is 6.39. The molecule has 28 heavy (non-hydrogen) atoms. The van der Waals surface area contributed by atoms with Crippen LogP contribution in [0.1, 0.15) is 18.1 Å². The van der Waals surface area contributed by atoms with Crippen LogP contribution in [0.15, 0.2) is 78.9 Å². The SMILES string of the molecule is CC(=O)Nc1ccc(CC(=O)NCc2cccc(Oc3ccccc3)c2)cc1. The summed E-state index contributed by atoms with van der Waals surface area (Å²) in [6.07, 6.45) is 0.278. The van der Waals surface area contributed by atoms with Gasteiger partial charge in [-0.1, -0.05) is 42.5 Å². The van der Waals surface area contributed by atoms with Crippen molar-refractivity contribution in [1.29, 1.82) is 0 Å².